The Bertz CT molecular complexity index is 939. The van der Waals surface area contributed by atoms with Crippen LogP contribution in [0.5, 0.6) is 0 Å². The van der Waals surface area contributed by atoms with Crippen molar-refractivity contribution in [1.82, 2.24) is 5.32 Å². The lowest BCUT2D eigenvalue weighted by Crippen LogP contribution is -2.48. The van der Waals surface area contributed by atoms with Gasteiger partial charge >= 0.3 is 5.97 Å². The molecule has 1 N–H and O–H groups in total. The number of nitrogens with one attached hydrogen (secondary N) is 1. The number of thiophene rings is 1. The molecule has 0 unspecified atom stereocenters. The standard InChI is InChI=1S/C22H22N2O3S/c1-15-5-3-6-16(11-15)12-18(19-7-4-10-28-19)21(26)27-13-20(25)24-22(2,14-23)17-8-9-17/h3-7,10-12,17H,8-9,13H2,1-2H3,(H,24,25)/b18-12+/t22-/m0/s1. The third-order valence-electron chi connectivity index (χ3n) is 4.72. The molecular weight excluding hydrogens is 372 g/mol. The first kappa shape index (κ1) is 19.8. The van der Waals surface area contributed by atoms with E-state index in [-0.39, 0.29) is 5.92 Å². The Labute approximate surface area is 168 Å². The van der Waals surface area contributed by atoms with E-state index in [0.29, 0.717) is 5.57 Å². The molecule has 1 heterocycles. The average molecular weight is 394 g/mol. The van der Waals surface area contributed by atoms with Crippen LogP contribution in [0.2, 0.25) is 0 Å². The number of amides is 1. The Morgan fingerprint density at radius 3 is 2.75 bits per heavy atom. The molecule has 1 amide bonds. The lowest BCUT2D eigenvalue weighted by atomic mass is 9.98. The fourth-order valence-corrected chi connectivity index (χ4v) is 3.74. The number of aryl methyl sites for hydroxylation is 1. The lowest BCUT2D eigenvalue weighted by molar-refractivity contribution is -0.143. The fraction of sp³-hybridized carbons (Fsp3) is 0.318. The monoisotopic (exact) mass is 394 g/mol. The normalized spacial score (nSPS) is 16.0. The van der Waals surface area contributed by atoms with Gasteiger partial charge in [0.15, 0.2) is 6.61 Å². The van der Waals surface area contributed by atoms with Gasteiger partial charge in [0.1, 0.15) is 5.54 Å². The van der Waals surface area contributed by atoms with Crippen molar-refractivity contribution in [2.75, 3.05) is 6.61 Å². The molecule has 0 bridgehead atoms. The van der Waals surface area contributed by atoms with E-state index in [0.717, 1.165) is 28.8 Å². The highest BCUT2D eigenvalue weighted by Gasteiger charge is 2.43. The largest absolute Gasteiger partial charge is 0.452 e. The molecule has 1 aliphatic carbocycles. The van der Waals surface area contributed by atoms with Gasteiger partial charge in [0.25, 0.3) is 5.91 Å². The number of benzene rings is 1. The second kappa shape index (κ2) is 8.41. The van der Waals surface area contributed by atoms with Crippen molar-refractivity contribution in [2.45, 2.75) is 32.2 Å². The zero-order chi connectivity index (χ0) is 20.1. The maximum Gasteiger partial charge on any atom is 0.340 e. The molecule has 5 nitrogen and oxygen atoms in total. The van der Waals surface area contributed by atoms with Gasteiger partial charge < -0.3 is 10.1 Å². The van der Waals surface area contributed by atoms with E-state index >= 15 is 0 Å². The molecule has 28 heavy (non-hydrogen) atoms. The van der Waals surface area contributed by atoms with Crippen molar-refractivity contribution in [1.29, 1.82) is 5.26 Å². The fourth-order valence-electron chi connectivity index (χ4n) is 3.01. The van der Waals surface area contributed by atoms with Crippen LogP contribution in [0.3, 0.4) is 0 Å². The first-order valence-corrected chi connectivity index (χ1v) is 10.0. The quantitative estimate of drug-likeness (QED) is 0.570. The first-order chi connectivity index (χ1) is 13.4. The van der Waals surface area contributed by atoms with Gasteiger partial charge in [-0.1, -0.05) is 35.9 Å². The van der Waals surface area contributed by atoms with Gasteiger partial charge in [0.2, 0.25) is 0 Å². The predicted molar refractivity (Wildman–Crippen MR) is 109 cm³/mol. The van der Waals surface area contributed by atoms with E-state index in [1.165, 1.54) is 11.3 Å². The van der Waals surface area contributed by atoms with Crippen molar-refractivity contribution in [2.24, 2.45) is 5.92 Å². The lowest BCUT2D eigenvalue weighted by Gasteiger charge is -2.22. The smallest absolute Gasteiger partial charge is 0.340 e. The van der Waals surface area contributed by atoms with Gasteiger partial charge in [-0.05, 0) is 55.7 Å². The van der Waals surface area contributed by atoms with Crippen molar-refractivity contribution in [3.8, 4) is 6.07 Å². The Morgan fingerprint density at radius 2 is 2.14 bits per heavy atom. The number of carbonyl (C=O) groups is 2. The number of esters is 1. The number of rotatable bonds is 7. The first-order valence-electron chi connectivity index (χ1n) is 9.13. The molecule has 1 fully saturated rings. The summed E-state index contributed by atoms with van der Waals surface area (Å²) in [7, 11) is 0. The maximum absolute atomic E-state index is 12.7. The minimum absolute atomic E-state index is 0.167. The van der Waals surface area contributed by atoms with E-state index in [2.05, 4.69) is 11.4 Å². The zero-order valence-electron chi connectivity index (χ0n) is 15.9. The van der Waals surface area contributed by atoms with Crippen LogP contribution >= 0.6 is 11.3 Å². The number of nitrogens with zero attached hydrogens (tertiary/aromatic N) is 1. The molecule has 2 aromatic rings. The molecule has 6 heteroatoms. The van der Waals surface area contributed by atoms with Gasteiger partial charge in [0.05, 0.1) is 11.6 Å². The van der Waals surface area contributed by atoms with Crippen LogP contribution in [0.25, 0.3) is 11.6 Å². The van der Waals surface area contributed by atoms with Crippen LogP contribution in [0.4, 0.5) is 0 Å². The molecule has 1 aliphatic rings. The highest BCUT2D eigenvalue weighted by Crippen LogP contribution is 2.39. The van der Waals surface area contributed by atoms with Crippen LogP contribution in [0, 0.1) is 24.2 Å². The Hall–Kier alpha value is -2.91. The van der Waals surface area contributed by atoms with Crippen molar-refractivity contribution in [3.63, 3.8) is 0 Å². The van der Waals surface area contributed by atoms with Crippen molar-refractivity contribution < 1.29 is 14.3 Å². The van der Waals surface area contributed by atoms with E-state index in [9.17, 15) is 14.9 Å². The van der Waals surface area contributed by atoms with Gasteiger partial charge in [-0.3, -0.25) is 4.79 Å². The molecule has 0 spiro atoms. The molecule has 0 aliphatic heterocycles. The highest BCUT2D eigenvalue weighted by molar-refractivity contribution is 7.11. The third kappa shape index (κ3) is 4.87. The molecule has 0 radical (unpaired) electrons. The minimum atomic E-state index is -0.905. The number of carbonyl (C=O) groups excluding carboxylic acids is 2. The maximum atomic E-state index is 12.7. The summed E-state index contributed by atoms with van der Waals surface area (Å²) < 4.78 is 5.26. The van der Waals surface area contributed by atoms with E-state index < -0.39 is 24.0 Å². The molecule has 144 valence electrons. The van der Waals surface area contributed by atoms with E-state index in [1.807, 2.05) is 48.7 Å². The summed E-state index contributed by atoms with van der Waals surface area (Å²) in [6.45, 7) is 3.27. The number of ether oxygens (including phenoxy) is 1. The molecule has 0 saturated heterocycles. The van der Waals surface area contributed by atoms with Crippen molar-refractivity contribution in [3.05, 3.63) is 57.8 Å². The summed E-state index contributed by atoms with van der Waals surface area (Å²) in [6, 6.07) is 13.7. The summed E-state index contributed by atoms with van der Waals surface area (Å²) in [5, 5.41) is 13.9. The highest BCUT2D eigenvalue weighted by atomic mass is 32.1. The summed E-state index contributed by atoms with van der Waals surface area (Å²) in [6.07, 6.45) is 3.61. The van der Waals surface area contributed by atoms with E-state index in [1.54, 1.807) is 13.0 Å². The van der Waals surface area contributed by atoms with Crippen LogP contribution < -0.4 is 5.32 Å². The van der Waals surface area contributed by atoms with Crippen LogP contribution in [0.15, 0.2) is 41.8 Å². The van der Waals surface area contributed by atoms with Gasteiger partial charge in [0, 0.05) is 4.88 Å². The van der Waals surface area contributed by atoms with E-state index in [4.69, 9.17) is 4.74 Å². The summed E-state index contributed by atoms with van der Waals surface area (Å²) in [5.74, 6) is -0.866. The number of nitriles is 1. The Kier molecular flexibility index (Phi) is 5.96. The zero-order valence-corrected chi connectivity index (χ0v) is 16.7. The van der Waals surface area contributed by atoms with Crippen LogP contribution in [-0.4, -0.2) is 24.0 Å². The summed E-state index contributed by atoms with van der Waals surface area (Å²) in [4.78, 5) is 25.7. The van der Waals surface area contributed by atoms with Crippen LogP contribution in [-0.2, 0) is 14.3 Å². The molecule has 1 aromatic carbocycles. The van der Waals surface area contributed by atoms with Crippen LogP contribution in [0.1, 0.15) is 35.8 Å². The SMILES string of the molecule is Cc1cccc(/C=C(/C(=O)OCC(=O)N[C@@](C)(C#N)C2CC2)c2cccs2)c1. The average Bonchev–Trinajstić information content (AvgIpc) is 3.40. The van der Waals surface area contributed by atoms with Gasteiger partial charge in [-0.2, -0.15) is 5.26 Å². The molecule has 1 atom stereocenters. The summed E-state index contributed by atoms with van der Waals surface area (Å²) in [5.41, 5.74) is 1.47. The second-order valence-electron chi connectivity index (χ2n) is 7.16. The number of hydrogen-bond acceptors (Lipinski definition) is 5. The minimum Gasteiger partial charge on any atom is -0.452 e. The molecule has 1 aromatic heterocycles. The van der Waals surface area contributed by atoms with Gasteiger partial charge in [-0.25, -0.2) is 4.79 Å². The Balaban J connectivity index is 1.70. The third-order valence-corrected chi connectivity index (χ3v) is 5.62. The summed E-state index contributed by atoms with van der Waals surface area (Å²) >= 11 is 1.43. The molecular formula is C22H22N2O3S. The second-order valence-corrected chi connectivity index (χ2v) is 8.11. The van der Waals surface area contributed by atoms with Crippen molar-refractivity contribution >= 4 is 34.9 Å². The molecule has 1 saturated carbocycles. The molecule has 3 rings (SSSR count). The van der Waals surface area contributed by atoms with Gasteiger partial charge in [-0.15, -0.1) is 11.3 Å². The Morgan fingerprint density at radius 1 is 1.36 bits per heavy atom. The topological polar surface area (TPSA) is 79.2 Å². The predicted octanol–water partition coefficient (Wildman–Crippen LogP) is 3.95. The number of hydrogen-bond donors (Lipinski definition) is 1.